The zero-order chi connectivity index (χ0) is 17.6. The first kappa shape index (κ1) is 20.5. The van der Waals surface area contributed by atoms with E-state index in [-0.39, 0.29) is 36.9 Å². The highest BCUT2D eigenvalue weighted by atomic mass is 35.5. The molecule has 1 aromatic rings. The molecule has 1 heterocycles. The van der Waals surface area contributed by atoms with Gasteiger partial charge < -0.3 is 20.7 Å². The number of carbonyl (C=O) groups excluding carboxylic acids is 2. The van der Waals surface area contributed by atoms with Crippen LogP contribution in [0.25, 0.3) is 0 Å². The van der Waals surface area contributed by atoms with Crippen molar-refractivity contribution in [3.8, 4) is 5.75 Å². The predicted molar refractivity (Wildman–Crippen MR) is 104 cm³/mol. The molecule has 7 heteroatoms. The van der Waals surface area contributed by atoms with Gasteiger partial charge in [0.05, 0.1) is 0 Å². The van der Waals surface area contributed by atoms with Gasteiger partial charge in [-0.05, 0) is 43.9 Å². The van der Waals surface area contributed by atoms with Crippen molar-refractivity contribution in [2.45, 2.75) is 44.6 Å². The van der Waals surface area contributed by atoms with Gasteiger partial charge in [-0.25, -0.2) is 0 Å². The van der Waals surface area contributed by atoms with Gasteiger partial charge in [-0.2, -0.15) is 0 Å². The average Bonchev–Trinajstić information content (AvgIpc) is 3.07. The summed E-state index contributed by atoms with van der Waals surface area (Å²) in [5.41, 5.74) is 6.64. The SMILES string of the molecule is Cl.NCC1CCCCC1NC(=O)COc1cccc(N2CCCC2=O)c1. The van der Waals surface area contributed by atoms with Gasteiger partial charge in [0.2, 0.25) is 5.91 Å². The molecule has 26 heavy (non-hydrogen) atoms. The van der Waals surface area contributed by atoms with Crippen LogP contribution >= 0.6 is 12.4 Å². The molecule has 2 aliphatic rings. The fourth-order valence-corrected chi connectivity index (χ4v) is 3.74. The Morgan fingerprint density at radius 1 is 1.27 bits per heavy atom. The number of carbonyl (C=O) groups is 2. The van der Waals surface area contributed by atoms with Crippen molar-refractivity contribution in [2.24, 2.45) is 11.7 Å². The van der Waals surface area contributed by atoms with Crippen molar-refractivity contribution < 1.29 is 14.3 Å². The van der Waals surface area contributed by atoms with Crippen molar-refractivity contribution >= 4 is 29.9 Å². The molecule has 3 N–H and O–H groups in total. The van der Waals surface area contributed by atoms with E-state index in [4.69, 9.17) is 10.5 Å². The Bertz CT molecular complexity index is 626. The molecule has 1 aliphatic heterocycles. The van der Waals surface area contributed by atoms with E-state index in [0.29, 0.717) is 24.6 Å². The van der Waals surface area contributed by atoms with Crippen LogP contribution in [0.2, 0.25) is 0 Å². The van der Waals surface area contributed by atoms with Crippen LogP contribution in [0.3, 0.4) is 0 Å². The Labute approximate surface area is 160 Å². The summed E-state index contributed by atoms with van der Waals surface area (Å²) in [6.45, 7) is 1.33. The number of rotatable bonds is 6. The highest BCUT2D eigenvalue weighted by molar-refractivity contribution is 5.95. The highest BCUT2D eigenvalue weighted by Crippen LogP contribution is 2.26. The van der Waals surface area contributed by atoms with Gasteiger partial charge in [0, 0.05) is 30.8 Å². The zero-order valence-electron chi connectivity index (χ0n) is 15.0. The summed E-state index contributed by atoms with van der Waals surface area (Å²) in [5.74, 6) is 0.988. The second-order valence-electron chi connectivity index (χ2n) is 6.89. The van der Waals surface area contributed by atoms with Gasteiger partial charge in [-0.1, -0.05) is 18.9 Å². The van der Waals surface area contributed by atoms with Gasteiger partial charge >= 0.3 is 0 Å². The molecule has 6 nitrogen and oxygen atoms in total. The number of nitrogens with one attached hydrogen (secondary N) is 1. The van der Waals surface area contributed by atoms with E-state index in [1.165, 1.54) is 6.42 Å². The number of nitrogens with zero attached hydrogens (tertiary/aromatic N) is 1. The number of hydrogen-bond donors (Lipinski definition) is 2. The van der Waals surface area contributed by atoms with Crippen molar-refractivity contribution in [1.82, 2.24) is 5.32 Å². The number of ether oxygens (including phenoxy) is 1. The highest BCUT2D eigenvalue weighted by Gasteiger charge is 2.25. The van der Waals surface area contributed by atoms with Crippen LogP contribution in [0.1, 0.15) is 38.5 Å². The minimum absolute atomic E-state index is 0. The molecule has 0 aromatic heterocycles. The molecule has 2 unspecified atom stereocenters. The normalized spacial score (nSPS) is 22.7. The lowest BCUT2D eigenvalue weighted by Gasteiger charge is -2.31. The number of nitrogens with two attached hydrogens (primary N) is 1. The number of amides is 2. The molecule has 1 saturated carbocycles. The van der Waals surface area contributed by atoms with Gasteiger partial charge in [0.15, 0.2) is 6.61 Å². The Kier molecular flexibility index (Phi) is 7.72. The minimum atomic E-state index is -0.118. The quantitative estimate of drug-likeness (QED) is 0.791. The summed E-state index contributed by atoms with van der Waals surface area (Å²) in [7, 11) is 0. The van der Waals surface area contributed by atoms with E-state index in [1.54, 1.807) is 11.0 Å². The maximum absolute atomic E-state index is 12.2. The smallest absolute Gasteiger partial charge is 0.258 e. The van der Waals surface area contributed by atoms with E-state index in [9.17, 15) is 9.59 Å². The molecular weight excluding hydrogens is 354 g/mol. The molecule has 2 fully saturated rings. The van der Waals surface area contributed by atoms with Crippen molar-refractivity contribution in [1.29, 1.82) is 0 Å². The van der Waals surface area contributed by atoms with Crippen molar-refractivity contribution in [3.63, 3.8) is 0 Å². The van der Waals surface area contributed by atoms with E-state index in [2.05, 4.69) is 5.32 Å². The maximum Gasteiger partial charge on any atom is 0.258 e. The lowest BCUT2D eigenvalue weighted by Crippen LogP contribution is -2.46. The van der Waals surface area contributed by atoms with Crippen LogP contribution in [0.15, 0.2) is 24.3 Å². The minimum Gasteiger partial charge on any atom is -0.484 e. The summed E-state index contributed by atoms with van der Waals surface area (Å²) in [6, 6.07) is 7.52. The van der Waals surface area contributed by atoms with E-state index < -0.39 is 0 Å². The Hall–Kier alpha value is -1.79. The van der Waals surface area contributed by atoms with Crippen molar-refractivity contribution in [3.05, 3.63) is 24.3 Å². The van der Waals surface area contributed by atoms with Gasteiger partial charge in [-0.15, -0.1) is 12.4 Å². The fourth-order valence-electron chi connectivity index (χ4n) is 3.74. The molecule has 3 rings (SSSR count). The first-order valence-corrected chi connectivity index (χ1v) is 9.20. The van der Waals surface area contributed by atoms with Crippen molar-refractivity contribution in [2.75, 3.05) is 24.6 Å². The van der Waals surface area contributed by atoms with Crippen LogP contribution < -0.4 is 20.7 Å². The summed E-state index contributed by atoms with van der Waals surface area (Å²) in [5, 5.41) is 3.06. The van der Waals surface area contributed by atoms with Crippen LogP contribution in [0.5, 0.6) is 5.75 Å². The monoisotopic (exact) mass is 381 g/mol. The van der Waals surface area contributed by atoms with Crippen LogP contribution in [-0.2, 0) is 9.59 Å². The second-order valence-corrected chi connectivity index (χ2v) is 6.89. The molecule has 144 valence electrons. The topological polar surface area (TPSA) is 84.7 Å². The summed E-state index contributed by atoms with van der Waals surface area (Å²) < 4.78 is 5.63. The number of anilines is 1. The molecule has 1 aromatic carbocycles. The van der Waals surface area contributed by atoms with Crippen LogP contribution in [0, 0.1) is 5.92 Å². The fraction of sp³-hybridized carbons (Fsp3) is 0.579. The molecule has 2 atom stereocenters. The Morgan fingerprint density at radius 2 is 2.08 bits per heavy atom. The third-order valence-electron chi connectivity index (χ3n) is 5.13. The number of halogens is 1. The molecule has 1 aliphatic carbocycles. The average molecular weight is 382 g/mol. The maximum atomic E-state index is 12.2. The third kappa shape index (κ3) is 5.11. The number of hydrogen-bond acceptors (Lipinski definition) is 4. The van der Waals surface area contributed by atoms with Crippen LogP contribution in [-0.4, -0.2) is 37.6 Å². The van der Waals surface area contributed by atoms with Gasteiger partial charge in [0.25, 0.3) is 5.91 Å². The largest absolute Gasteiger partial charge is 0.484 e. The van der Waals surface area contributed by atoms with Crippen LogP contribution in [0.4, 0.5) is 5.69 Å². The standard InChI is InChI=1S/C19H27N3O3.ClH/c20-12-14-5-1-2-8-17(14)21-18(23)13-25-16-7-3-6-15(11-16)22-10-4-9-19(22)24;/h3,6-7,11,14,17H,1-2,4-5,8-10,12-13,20H2,(H,21,23);1H. The predicted octanol–water partition coefficient (Wildman–Crippen LogP) is 2.25. The van der Waals surface area contributed by atoms with Gasteiger partial charge in [0.1, 0.15) is 5.75 Å². The van der Waals surface area contributed by atoms with E-state index in [0.717, 1.165) is 37.9 Å². The number of benzene rings is 1. The lowest BCUT2D eigenvalue weighted by atomic mass is 9.84. The molecule has 0 bridgehead atoms. The third-order valence-corrected chi connectivity index (χ3v) is 5.13. The first-order chi connectivity index (χ1) is 12.2. The second kappa shape index (κ2) is 9.78. The molecular formula is C19H28ClN3O3. The van der Waals surface area contributed by atoms with E-state index >= 15 is 0 Å². The Balaban J connectivity index is 0.00000243. The zero-order valence-corrected chi connectivity index (χ0v) is 15.8. The molecule has 2 amide bonds. The Morgan fingerprint density at radius 3 is 2.81 bits per heavy atom. The summed E-state index contributed by atoms with van der Waals surface area (Å²) in [4.78, 5) is 25.8. The molecule has 1 saturated heterocycles. The summed E-state index contributed by atoms with van der Waals surface area (Å²) in [6.07, 6.45) is 5.86. The van der Waals surface area contributed by atoms with Gasteiger partial charge in [-0.3, -0.25) is 9.59 Å². The first-order valence-electron chi connectivity index (χ1n) is 9.20. The molecule has 0 spiro atoms. The van der Waals surface area contributed by atoms with E-state index in [1.807, 2.05) is 18.2 Å². The summed E-state index contributed by atoms with van der Waals surface area (Å²) >= 11 is 0. The molecule has 0 radical (unpaired) electrons. The lowest BCUT2D eigenvalue weighted by molar-refractivity contribution is -0.124.